The predicted molar refractivity (Wildman–Crippen MR) is 95.2 cm³/mol. The highest BCUT2D eigenvalue weighted by molar-refractivity contribution is 5.92. The minimum atomic E-state index is -1.31. The summed E-state index contributed by atoms with van der Waals surface area (Å²) in [6.07, 6.45) is 3.98. The topological polar surface area (TPSA) is 101 Å². The van der Waals surface area contributed by atoms with E-state index in [1.54, 1.807) is 4.57 Å². The van der Waals surface area contributed by atoms with E-state index in [0.29, 0.717) is 24.7 Å². The molecule has 3 heterocycles. The molecule has 2 aromatic rings. The fraction of sp³-hybridized carbons (Fsp3) is 0.500. The summed E-state index contributed by atoms with van der Waals surface area (Å²) in [5, 5.41) is 9.30. The third kappa shape index (κ3) is 2.84. The smallest absolute Gasteiger partial charge is 0.341 e. The van der Waals surface area contributed by atoms with E-state index >= 15 is 0 Å². The molecule has 2 aliphatic rings. The van der Waals surface area contributed by atoms with Gasteiger partial charge in [0, 0.05) is 31.4 Å². The lowest BCUT2D eigenvalue weighted by molar-refractivity contribution is 0.0695. The van der Waals surface area contributed by atoms with E-state index in [1.165, 1.54) is 6.20 Å². The minimum Gasteiger partial charge on any atom is -0.477 e. The van der Waals surface area contributed by atoms with Crippen molar-refractivity contribution < 1.29 is 14.3 Å². The first-order valence-corrected chi connectivity index (χ1v) is 8.84. The quantitative estimate of drug-likeness (QED) is 0.865. The van der Waals surface area contributed by atoms with Crippen molar-refractivity contribution in [2.45, 2.75) is 38.3 Å². The predicted octanol–water partition coefficient (Wildman–Crippen LogP) is 1.74. The number of hydrogen-bond donors (Lipinski definition) is 2. The van der Waals surface area contributed by atoms with Crippen molar-refractivity contribution in [3.8, 4) is 0 Å². The molecule has 0 aromatic carbocycles. The Morgan fingerprint density at radius 2 is 2.12 bits per heavy atom. The lowest BCUT2D eigenvalue weighted by Gasteiger charge is -2.35. The maximum Gasteiger partial charge on any atom is 0.341 e. The number of carboxylic acids is 1. The molecule has 0 bridgehead atoms. The van der Waals surface area contributed by atoms with Gasteiger partial charge in [0.2, 0.25) is 5.43 Å². The van der Waals surface area contributed by atoms with E-state index in [9.17, 15) is 19.1 Å². The Labute approximate surface area is 149 Å². The van der Waals surface area contributed by atoms with Crippen LogP contribution in [0, 0.1) is 11.7 Å². The zero-order valence-electron chi connectivity index (χ0n) is 14.5. The van der Waals surface area contributed by atoms with Crippen molar-refractivity contribution >= 4 is 22.8 Å². The molecular weight excluding hydrogens is 339 g/mol. The lowest BCUT2D eigenvalue weighted by atomic mass is 9.96. The Bertz CT molecular complexity index is 944. The Kier molecular flexibility index (Phi) is 3.95. The first kappa shape index (κ1) is 17.0. The zero-order valence-corrected chi connectivity index (χ0v) is 14.5. The number of nitrogens with zero attached hydrogens (tertiary/aromatic N) is 3. The van der Waals surface area contributed by atoms with Crippen LogP contribution in [0.1, 0.15) is 42.6 Å². The van der Waals surface area contributed by atoms with Crippen LogP contribution in [0.25, 0.3) is 11.0 Å². The number of carboxylic acid groups (broad SMARTS) is 1. The zero-order chi connectivity index (χ0) is 18.6. The average molecular weight is 360 g/mol. The summed E-state index contributed by atoms with van der Waals surface area (Å²) >= 11 is 0. The van der Waals surface area contributed by atoms with Gasteiger partial charge in [-0.25, -0.2) is 14.2 Å². The number of nitrogens with two attached hydrogens (primary N) is 1. The largest absolute Gasteiger partial charge is 0.477 e. The van der Waals surface area contributed by atoms with Gasteiger partial charge in [-0.3, -0.25) is 4.79 Å². The first-order valence-electron chi connectivity index (χ1n) is 8.84. The van der Waals surface area contributed by atoms with Crippen LogP contribution < -0.4 is 16.1 Å². The van der Waals surface area contributed by atoms with Crippen LogP contribution in [-0.2, 0) is 0 Å². The second-order valence-corrected chi connectivity index (χ2v) is 7.49. The van der Waals surface area contributed by atoms with Gasteiger partial charge >= 0.3 is 5.97 Å². The van der Waals surface area contributed by atoms with Crippen LogP contribution in [-0.4, -0.2) is 39.8 Å². The molecule has 3 N–H and O–H groups in total. The summed E-state index contributed by atoms with van der Waals surface area (Å²) in [6.45, 7) is 3.20. The number of pyridine rings is 2. The maximum atomic E-state index is 14.8. The molecule has 1 aliphatic heterocycles. The van der Waals surface area contributed by atoms with Crippen molar-refractivity contribution in [3.63, 3.8) is 0 Å². The van der Waals surface area contributed by atoms with Crippen LogP contribution in [0.5, 0.6) is 0 Å². The molecule has 2 fully saturated rings. The highest BCUT2D eigenvalue weighted by Crippen LogP contribution is 2.37. The van der Waals surface area contributed by atoms with Gasteiger partial charge in [0.05, 0.1) is 5.39 Å². The first-order chi connectivity index (χ1) is 12.3. The minimum absolute atomic E-state index is 0.00686. The van der Waals surface area contributed by atoms with E-state index in [-0.39, 0.29) is 28.9 Å². The highest BCUT2D eigenvalue weighted by Gasteiger charge is 2.30. The molecule has 2 aromatic heterocycles. The molecule has 8 heteroatoms. The van der Waals surface area contributed by atoms with Gasteiger partial charge in [-0.1, -0.05) is 6.92 Å². The molecule has 138 valence electrons. The standard InChI is InChI=1S/C18H21FN4O3/c1-9-4-10(20)7-22(6-9)17-14(19)5-12-15(24)13(18(25)26)8-23(11-2-3-11)16(12)21-17/h5,8-11H,2-4,6-7,20H2,1H3,(H,25,26)/t9-,10-/m0/s1. The molecule has 1 saturated carbocycles. The molecule has 7 nitrogen and oxygen atoms in total. The van der Waals surface area contributed by atoms with Crippen LogP contribution in [0.15, 0.2) is 17.1 Å². The molecule has 0 spiro atoms. The molecule has 0 amide bonds. The average Bonchev–Trinajstić information content (AvgIpc) is 3.38. The SMILES string of the molecule is C[C@H]1C[C@H](N)CN(c2nc3c(cc2F)c(=O)c(C(=O)O)cn3C2CC2)C1. The summed E-state index contributed by atoms with van der Waals surface area (Å²) in [5.74, 6) is -1.44. The van der Waals surface area contributed by atoms with Gasteiger partial charge in [-0.2, -0.15) is 0 Å². The van der Waals surface area contributed by atoms with Crippen LogP contribution in [0.2, 0.25) is 0 Å². The molecule has 1 saturated heterocycles. The number of rotatable bonds is 3. The van der Waals surface area contributed by atoms with E-state index in [2.05, 4.69) is 11.9 Å². The second-order valence-electron chi connectivity index (χ2n) is 7.49. The fourth-order valence-corrected chi connectivity index (χ4v) is 3.82. The van der Waals surface area contributed by atoms with Crippen LogP contribution in [0.3, 0.4) is 0 Å². The summed E-state index contributed by atoms with van der Waals surface area (Å²) in [7, 11) is 0. The normalized spacial score (nSPS) is 23.4. The summed E-state index contributed by atoms with van der Waals surface area (Å²) in [6, 6.07) is 1.16. The summed E-state index contributed by atoms with van der Waals surface area (Å²) in [4.78, 5) is 30.1. The molecular formula is C18H21FN4O3. The van der Waals surface area contributed by atoms with Gasteiger partial charge in [-0.15, -0.1) is 0 Å². The number of fused-ring (bicyclic) bond motifs is 1. The number of piperidine rings is 1. The van der Waals surface area contributed by atoms with Gasteiger partial charge < -0.3 is 20.3 Å². The maximum absolute atomic E-state index is 14.8. The van der Waals surface area contributed by atoms with Gasteiger partial charge in [0.1, 0.15) is 11.2 Å². The molecule has 4 rings (SSSR count). The number of hydrogen-bond acceptors (Lipinski definition) is 5. The lowest BCUT2D eigenvalue weighted by Crippen LogP contribution is -2.47. The van der Waals surface area contributed by atoms with Crippen LogP contribution in [0.4, 0.5) is 10.2 Å². The van der Waals surface area contributed by atoms with E-state index in [0.717, 1.165) is 25.3 Å². The molecule has 2 atom stereocenters. The van der Waals surface area contributed by atoms with E-state index < -0.39 is 17.2 Å². The molecule has 0 radical (unpaired) electrons. The number of aromatic carboxylic acids is 1. The van der Waals surface area contributed by atoms with Crippen molar-refractivity contribution in [1.29, 1.82) is 0 Å². The Balaban J connectivity index is 1.91. The van der Waals surface area contributed by atoms with Crippen LogP contribution >= 0.6 is 0 Å². The highest BCUT2D eigenvalue weighted by atomic mass is 19.1. The number of halogens is 1. The monoisotopic (exact) mass is 360 g/mol. The molecule has 1 aliphatic carbocycles. The van der Waals surface area contributed by atoms with Gasteiger partial charge in [0.15, 0.2) is 11.6 Å². The number of anilines is 1. The third-order valence-corrected chi connectivity index (χ3v) is 5.10. The van der Waals surface area contributed by atoms with E-state index in [1.807, 2.05) is 4.90 Å². The van der Waals surface area contributed by atoms with Gasteiger partial charge in [-0.05, 0) is 31.2 Å². The van der Waals surface area contributed by atoms with Crippen molar-refractivity contribution in [3.05, 3.63) is 33.9 Å². The van der Waals surface area contributed by atoms with E-state index in [4.69, 9.17) is 5.73 Å². The third-order valence-electron chi connectivity index (χ3n) is 5.10. The number of carbonyl (C=O) groups is 1. The summed E-state index contributed by atoms with van der Waals surface area (Å²) in [5.41, 5.74) is 5.35. The Morgan fingerprint density at radius 3 is 2.73 bits per heavy atom. The summed E-state index contributed by atoms with van der Waals surface area (Å²) < 4.78 is 16.5. The fourth-order valence-electron chi connectivity index (χ4n) is 3.82. The van der Waals surface area contributed by atoms with Gasteiger partial charge in [0.25, 0.3) is 0 Å². The molecule has 0 unspecified atom stereocenters. The van der Waals surface area contributed by atoms with Crippen molar-refractivity contribution in [1.82, 2.24) is 9.55 Å². The number of aromatic nitrogens is 2. The Morgan fingerprint density at radius 1 is 1.38 bits per heavy atom. The van der Waals surface area contributed by atoms with Crippen molar-refractivity contribution in [2.75, 3.05) is 18.0 Å². The Hall–Kier alpha value is -2.48. The second kappa shape index (κ2) is 6.05. The van der Waals surface area contributed by atoms with Crippen molar-refractivity contribution in [2.24, 2.45) is 11.7 Å². The molecule has 26 heavy (non-hydrogen) atoms.